The van der Waals surface area contributed by atoms with Crippen molar-refractivity contribution in [3.63, 3.8) is 0 Å². The van der Waals surface area contributed by atoms with E-state index in [2.05, 4.69) is 0 Å². The number of carbonyl (C=O) groups excluding carboxylic acids is 2. The summed E-state index contributed by atoms with van der Waals surface area (Å²) in [5.41, 5.74) is 5.83. The molecular weight excluding hydrogens is 412 g/mol. The molecule has 0 aromatic heterocycles. The molecule has 0 radical (unpaired) electrons. The number of hydrogen-bond donors (Lipinski definition) is 2. The summed E-state index contributed by atoms with van der Waals surface area (Å²) in [5.74, 6) is -1.52. The first kappa shape index (κ1) is 21.4. The van der Waals surface area contributed by atoms with Crippen molar-refractivity contribution in [1.29, 1.82) is 0 Å². The van der Waals surface area contributed by atoms with Crippen molar-refractivity contribution < 1.29 is 32.6 Å². The lowest BCUT2D eigenvalue weighted by molar-refractivity contribution is 0.0597. The summed E-state index contributed by atoms with van der Waals surface area (Å²) >= 11 is 0. The number of aromatic hydroxyl groups is 1. The van der Waals surface area contributed by atoms with Gasteiger partial charge in [0.2, 0.25) is 0 Å². The molecule has 2 amide bonds. The van der Waals surface area contributed by atoms with E-state index in [9.17, 15) is 23.1 Å². The van der Waals surface area contributed by atoms with Gasteiger partial charge >= 0.3 is 0 Å². The number of ether oxygens (including phenoxy) is 2. The van der Waals surface area contributed by atoms with Crippen molar-refractivity contribution in [1.82, 2.24) is 4.90 Å². The number of phenolic OH excluding ortho intramolecular Hbond substituents is 1. The second kappa shape index (κ2) is 7.86. The molecule has 30 heavy (non-hydrogen) atoms. The molecule has 0 unspecified atom stereocenters. The molecule has 9 nitrogen and oxygen atoms in total. The van der Waals surface area contributed by atoms with E-state index in [-0.39, 0.29) is 22.6 Å². The third-order valence-corrected chi connectivity index (χ3v) is 5.67. The van der Waals surface area contributed by atoms with E-state index < -0.39 is 33.4 Å². The minimum absolute atomic E-state index is 0.00680. The molecule has 0 fully saturated rings. The van der Waals surface area contributed by atoms with Gasteiger partial charge in [-0.15, -0.1) is 0 Å². The fraction of sp³-hybridized carbons (Fsp3) is 0.300. The summed E-state index contributed by atoms with van der Waals surface area (Å²) in [7, 11) is -2.14. The summed E-state index contributed by atoms with van der Waals surface area (Å²) < 4.78 is 35.1. The minimum atomic E-state index is -3.60. The van der Waals surface area contributed by atoms with Gasteiger partial charge in [-0.2, -0.15) is 0 Å². The maximum absolute atomic E-state index is 13.1. The Bertz CT molecular complexity index is 1130. The Balaban J connectivity index is 2.15. The molecule has 2 aromatic carbocycles. The van der Waals surface area contributed by atoms with E-state index >= 15 is 0 Å². The number of anilines is 1. The Morgan fingerprint density at radius 1 is 1.13 bits per heavy atom. The number of nitrogen functional groups attached to an aromatic ring is 1. The molecule has 10 heteroatoms. The quantitative estimate of drug-likeness (QED) is 0.382. The molecule has 1 heterocycles. The number of rotatable bonds is 7. The Kier molecular flexibility index (Phi) is 5.62. The minimum Gasteiger partial charge on any atom is -0.506 e. The van der Waals surface area contributed by atoms with Gasteiger partial charge < -0.3 is 20.3 Å². The number of benzene rings is 2. The van der Waals surface area contributed by atoms with Crippen molar-refractivity contribution in [3.05, 3.63) is 47.0 Å². The number of imide groups is 1. The van der Waals surface area contributed by atoms with Crippen LogP contribution in [0.25, 0.3) is 0 Å². The largest absolute Gasteiger partial charge is 0.506 e. The molecule has 0 bridgehead atoms. The molecule has 1 aliphatic heterocycles. The Morgan fingerprint density at radius 2 is 1.83 bits per heavy atom. The number of nitrogens with zero attached hydrogens (tertiary/aromatic N) is 1. The first-order chi connectivity index (χ1) is 14.1. The van der Waals surface area contributed by atoms with Crippen LogP contribution in [-0.4, -0.2) is 56.0 Å². The average Bonchev–Trinajstić information content (AvgIpc) is 2.93. The van der Waals surface area contributed by atoms with E-state index in [4.69, 9.17) is 15.2 Å². The predicted molar refractivity (Wildman–Crippen MR) is 110 cm³/mol. The fourth-order valence-corrected chi connectivity index (χ4v) is 4.33. The van der Waals surface area contributed by atoms with Crippen LogP contribution in [0.1, 0.15) is 39.2 Å². The number of methoxy groups -OCH3 is 1. The van der Waals surface area contributed by atoms with E-state index in [0.717, 1.165) is 11.2 Å². The second-order valence-electron chi connectivity index (χ2n) is 6.85. The van der Waals surface area contributed by atoms with Crippen LogP contribution in [0.4, 0.5) is 5.69 Å². The zero-order valence-electron chi connectivity index (χ0n) is 16.7. The first-order valence-electron chi connectivity index (χ1n) is 9.06. The Labute approximate surface area is 173 Å². The van der Waals surface area contributed by atoms with Crippen LogP contribution in [0.2, 0.25) is 0 Å². The van der Waals surface area contributed by atoms with Crippen molar-refractivity contribution >= 4 is 27.3 Å². The number of hydrogen-bond acceptors (Lipinski definition) is 8. The summed E-state index contributed by atoms with van der Waals surface area (Å²) in [5, 5.41) is 9.84. The summed E-state index contributed by atoms with van der Waals surface area (Å²) in [4.78, 5) is 27.0. The fourth-order valence-electron chi connectivity index (χ4n) is 3.42. The zero-order valence-corrected chi connectivity index (χ0v) is 17.5. The van der Waals surface area contributed by atoms with Crippen LogP contribution < -0.4 is 15.2 Å². The van der Waals surface area contributed by atoms with E-state index in [1.54, 1.807) is 25.1 Å². The van der Waals surface area contributed by atoms with Gasteiger partial charge in [-0.25, -0.2) is 8.42 Å². The molecule has 1 atom stereocenters. The monoisotopic (exact) mass is 434 g/mol. The number of phenols is 1. The Morgan fingerprint density at radius 3 is 2.43 bits per heavy atom. The molecule has 2 aromatic rings. The van der Waals surface area contributed by atoms with Crippen LogP contribution in [-0.2, 0) is 9.84 Å². The van der Waals surface area contributed by atoms with Crippen molar-refractivity contribution in [2.45, 2.75) is 13.0 Å². The SMILES string of the molecule is CCOc1cc([C@@H](CS(C)(=O)=O)N2C(=O)c3ccc(O)c(N)c3C2=O)ccc1OC. The van der Waals surface area contributed by atoms with Crippen LogP contribution in [0.15, 0.2) is 30.3 Å². The van der Waals surface area contributed by atoms with Crippen molar-refractivity contribution in [2.24, 2.45) is 0 Å². The topological polar surface area (TPSA) is 136 Å². The molecule has 160 valence electrons. The van der Waals surface area contributed by atoms with Gasteiger partial charge in [-0.05, 0) is 36.8 Å². The maximum atomic E-state index is 13.1. The number of nitrogens with two attached hydrogens (primary N) is 1. The standard InChI is InChI=1S/C20H22N2O7S/c1-4-29-16-9-11(5-8-15(16)28-2)13(10-30(3,26)27)22-19(24)12-6-7-14(23)18(21)17(12)20(22)25/h5-9,13,23H,4,10,21H2,1-3H3/t13-/m1/s1. The highest BCUT2D eigenvalue weighted by atomic mass is 32.2. The maximum Gasteiger partial charge on any atom is 0.264 e. The molecule has 0 saturated carbocycles. The third-order valence-electron chi connectivity index (χ3n) is 4.75. The summed E-state index contributed by atoms with van der Waals surface area (Å²) in [6.07, 6.45) is 1.02. The molecule has 3 rings (SSSR count). The molecule has 0 aliphatic carbocycles. The highest BCUT2D eigenvalue weighted by Crippen LogP contribution is 2.39. The molecular formula is C20H22N2O7S. The van der Waals surface area contributed by atoms with Gasteiger partial charge in [0, 0.05) is 6.26 Å². The van der Waals surface area contributed by atoms with Gasteiger partial charge in [0.05, 0.1) is 42.3 Å². The van der Waals surface area contributed by atoms with Crippen LogP contribution in [0, 0.1) is 0 Å². The normalized spacial score (nSPS) is 14.6. The van der Waals surface area contributed by atoms with Gasteiger partial charge in [-0.3, -0.25) is 14.5 Å². The first-order valence-corrected chi connectivity index (χ1v) is 11.1. The lowest BCUT2D eigenvalue weighted by atomic mass is 10.1. The third kappa shape index (κ3) is 3.78. The number of sulfone groups is 1. The second-order valence-corrected chi connectivity index (χ2v) is 9.04. The number of amides is 2. The van der Waals surface area contributed by atoms with Gasteiger partial charge in [0.15, 0.2) is 11.5 Å². The average molecular weight is 434 g/mol. The van der Waals surface area contributed by atoms with E-state index in [0.29, 0.717) is 23.7 Å². The van der Waals surface area contributed by atoms with Gasteiger partial charge in [-0.1, -0.05) is 6.07 Å². The zero-order chi connectivity index (χ0) is 22.2. The molecule has 0 saturated heterocycles. The highest BCUT2D eigenvalue weighted by molar-refractivity contribution is 7.90. The van der Waals surface area contributed by atoms with Gasteiger partial charge in [0.1, 0.15) is 15.6 Å². The lowest BCUT2D eigenvalue weighted by Gasteiger charge is -2.26. The molecule has 3 N–H and O–H groups in total. The van der Waals surface area contributed by atoms with Crippen LogP contribution in [0.5, 0.6) is 17.2 Å². The van der Waals surface area contributed by atoms with Crippen molar-refractivity contribution in [2.75, 3.05) is 31.5 Å². The number of carbonyl (C=O) groups is 2. The Hall–Kier alpha value is -3.27. The van der Waals surface area contributed by atoms with Crippen LogP contribution >= 0.6 is 0 Å². The predicted octanol–water partition coefficient (Wildman–Crippen LogP) is 1.76. The lowest BCUT2D eigenvalue weighted by Crippen LogP contribution is -2.37. The molecule has 1 aliphatic rings. The van der Waals surface area contributed by atoms with E-state index in [1.807, 2.05) is 0 Å². The molecule has 0 spiro atoms. The van der Waals surface area contributed by atoms with E-state index in [1.165, 1.54) is 19.2 Å². The summed E-state index contributed by atoms with van der Waals surface area (Å²) in [6.45, 7) is 2.11. The summed E-state index contributed by atoms with van der Waals surface area (Å²) in [6, 6.07) is 6.07. The highest BCUT2D eigenvalue weighted by Gasteiger charge is 2.43. The van der Waals surface area contributed by atoms with Crippen molar-refractivity contribution in [3.8, 4) is 17.2 Å². The smallest absolute Gasteiger partial charge is 0.264 e. The number of fused-ring (bicyclic) bond motifs is 1. The van der Waals surface area contributed by atoms with Gasteiger partial charge in [0.25, 0.3) is 11.8 Å². The van der Waals surface area contributed by atoms with Crippen LogP contribution in [0.3, 0.4) is 0 Å².